The van der Waals surface area contributed by atoms with Crippen molar-refractivity contribution in [2.75, 3.05) is 12.4 Å². The summed E-state index contributed by atoms with van der Waals surface area (Å²) in [6, 6.07) is 3.84. The number of methoxy groups -OCH3 is 1. The van der Waals surface area contributed by atoms with Gasteiger partial charge in [-0.1, -0.05) is 6.07 Å². The molecule has 0 aromatic carbocycles. The molecule has 98 valence electrons. The van der Waals surface area contributed by atoms with Gasteiger partial charge in [0.2, 0.25) is 0 Å². The normalized spacial score (nSPS) is 11.7. The molecule has 0 bridgehead atoms. The number of aromatic nitrogens is 3. The molecule has 2 rings (SSSR count). The molecular formula is C13H14N4O2. The van der Waals surface area contributed by atoms with E-state index in [-0.39, 0.29) is 11.7 Å². The van der Waals surface area contributed by atoms with Crippen molar-refractivity contribution in [3.63, 3.8) is 0 Å². The van der Waals surface area contributed by atoms with Gasteiger partial charge in [-0.3, -0.25) is 9.97 Å². The molecule has 0 aliphatic rings. The Bertz CT molecular complexity index is 560. The van der Waals surface area contributed by atoms with E-state index < -0.39 is 5.97 Å². The highest BCUT2D eigenvalue weighted by Crippen LogP contribution is 2.16. The summed E-state index contributed by atoms with van der Waals surface area (Å²) in [5.41, 5.74) is 1.19. The molecule has 0 saturated heterocycles. The standard InChI is InChI=1S/C13H14N4O2/c1-9(10-4-3-5-14-6-10)16-12-8-15-7-11(17-12)13(18)19-2/h3-9H,1-2H3,(H,16,17). The van der Waals surface area contributed by atoms with Crippen LogP contribution in [0.5, 0.6) is 0 Å². The van der Waals surface area contributed by atoms with E-state index in [1.165, 1.54) is 13.3 Å². The highest BCUT2D eigenvalue weighted by Gasteiger charge is 2.10. The molecule has 2 aromatic heterocycles. The van der Waals surface area contributed by atoms with Crippen molar-refractivity contribution in [2.45, 2.75) is 13.0 Å². The minimum absolute atomic E-state index is 0.0101. The number of carbonyl (C=O) groups excluding carboxylic acids is 1. The van der Waals surface area contributed by atoms with Crippen LogP contribution in [-0.2, 0) is 4.74 Å². The van der Waals surface area contributed by atoms with Crippen molar-refractivity contribution >= 4 is 11.8 Å². The van der Waals surface area contributed by atoms with E-state index in [9.17, 15) is 4.79 Å². The van der Waals surface area contributed by atoms with E-state index in [0.717, 1.165) is 5.56 Å². The molecule has 0 fully saturated rings. The van der Waals surface area contributed by atoms with Crippen LogP contribution < -0.4 is 5.32 Å². The fourth-order valence-electron chi connectivity index (χ4n) is 1.58. The Labute approximate surface area is 110 Å². The van der Waals surface area contributed by atoms with Crippen LogP contribution in [-0.4, -0.2) is 28.0 Å². The van der Waals surface area contributed by atoms with Crippen LogP contribution in [0.15, 0.2) is 36.9 Å². The quantitative estimate of drug-likeness (QED) is 0.843. The molecule has 1 atom stereocenters. The van der Waals surface area contributed by atoms with Crippen LogP contribution in [0.2, 0.25) is 0 Å². The Balaban J connectivity index is 2.13. The second kappa shape index (κ2) is 5.90. The summed E-state index contributed by atoms with van der Waals surface area (Å²) in [5, 5.41) is 3.16. The first-order valence-electron chi connectivity index (χ1n) is 5.77. The average Bonchev–Trinajstić information content (AvgIpc) is 2.47. The van der Waals surface area contributed by atoms with E-state index in [4.69, 9.17) is 0 Å². The number of hydrogen-bond acceptors (Lipinski definition) is 6. The molecule has 19 heavy (non-hydrogen) atoms. The van der Waals surface area contributed by atoms with Gasteiger partial charge < -0.3 is 10.1 Å². The van der Waals surface area contributed by atoms with Crippen molar-refractivity contribution in [3.8, 4) is 0 Å². The third-order valence-electron chi connectivity index (χ3n) is 2.58. The number of ether oxygens (including phenoxy) is 1. The van der Waals surface area contributed by atoms with Crippen molar-refractivity contribution < 1.29 is 9.53 Å². The van der Waals surface area contributed by atoms with Crippen molar-refractivity contribution in [2.24, 2.45) is 0 Å². The second-order valence-corrected chi connectivity index (χ2v) is 3.93. The number of nitrogens with one attached hydrogen (secondary N) is 1. The van der Waals surface area contributed by atoms with Gasteiger partial charge in [0.25, 0.3) is 0 Å². The first kappa shape index (κ1) is 12.9. The van der Waals surface area contributed by atoms with E-state index in [0.29, 0.717) is 5.82 Å². The van der Waals surface area contributed by atoms with Crippen LogP contribution in [0.3, 0.4) is 0 Å². The zero-order valence-corrected chi connectivity index (χ0v) is 10.7. The molecule has 0 spiro atoms. The van der Waals surface area contributed by atoms with Gasteiger partial charge in [0.05, 0.1) is 25.5 Å². The molecule has 2 aromatic rings. The predicted molar refractivity (Wildman–Crippen MR) is 69.6 cm³/mol. The number of nitrogens with zero attached hydrogens (tertiary/aromatic N) is 3. The lowest BCUT2D eigenvalue weighted by atomic mass is 10.1. The zero-order valence-electron chi connectivity index (χ0n) is 10.7. The smallest absolute Gasteiger partial charge is 0.358 e. The van der Waals surface area contributed by atoms with E-state index >= 15 is 0 Å². The minimum atomic E-state index is -0.509. The van der Waals surface area contributed by atoms with Gasteiger partial charge in [0.15, 0.2) is 5.69 Å². The van der Waals surface area contributed by atoms with Gasteiger partial charge >= 0.3 is 5.97 Å². The molecule has 1 unspecified atom stereocenters. The van der Waals surface area contributed by atoms with Gasteiger partial charge in [0.1, 0.15) is 5.82 Å². The predicted octanol–water partition coefficient (Wildman–Crippen LogP) is 1.83. The highest BCUT2D eigenvalue weighted by atomic mass is 16.5. The van der Waals surface area contributed by atoms with Crippen LogP contribution in [0.4, 0.5) is 5.82 Å². The highest BCUT2D eigenvalue weighted by molar-refractivity contribution is 5.87. The number of esters is 1. The third-order valence-corrected chi connectivity index (χ3v) is 2.58. The first-order chi connectivity index (χ1) is 9.20. The third kappa shape index (κ3) is 3.25. The molecule has 6 heteroatoms. The van der Waals surface area contributed by atoms with Gasteiger partial charge in [-0.05, 0) is 18.6 Å². The Morgan fingerprint density at radius 3 is 2.84 bits per heavy atom. The van der Waals surface area contributed by atoms with E-state index in [2.05, 4.69) is 25.0 Å². The van der Waals surface area contributed by atoms with Crippen LogP contribution in [0.1, 0.15) is 29.0 Å². The molecule has 0 radical (unpaired) electrons. The summed E-state index contributed by atoms with van der Waals surface area (Å²) < 4.78 is 4.60. The topological polar surface area (TPSA) is 77.0 Å². The molecule has 1 N–H and O–H groups in total. The number of pyridine rings is 1. The second-order valence-electron chi connectivity index (χ2n) is 3.93. The van der Waals surface area contributed by atoms with Crippen molar-refractivity contribution in [1.82, 2.24) is 15.0 Å². The summed E-state index contributed by atoms with van der Waals surface area (Å²) in [6.07, 6.45) is 6.41. The summed E-state index contributed by atoms with van der Waals surface area (Å²) in [5.74, 6) is 0.00411. The number of carbonyl (C=O) groups is 1. The summed E-state index contributed by atoms with van der Waals surface area (Å²) in [4.78, 5) is 23.5. The number of rotatable bonds is 4. The summed E-state index contributed by atoms with van der Waals surface area (Å²) in [6.45, 7) is 1.98. The van der Waals surface area contributed by atoms with Gasteiger partial charge in [-0.25, -0.2) is 9.78 Å². The number of anilines is 1. The minimum Gasteiger partial charge on any atom is -0.464 e. The molecule has 2 heterocycles. The lowest BCUT2D eigenvalue weighted by Crippen LogP contribution is -2.11. The lowest BCUT2D eigenvalue weighted by Gasteiger charge is -2.14. The maximum Gasteiger partial charge on any atom is 0.358 e. The van der Waals surface area contributed by atoms with Crippen LogP contribution >= 0.6 is 0 Å². The SMILES string of the molecule is COC(=O)c1cncc(NC(C)c2cccnc2)n1. The fraction of sp³-hybridized carbons (Fsp3) is 0.231. The Hall–Kier alpha value is -2.50. The molecule has 0 aliphatic carbocycles. The van der Waals surface area contributed by atoms with Crippen LogP contribution in [0.25, 0.3) is 0 Å². The maximum atomic E-state index is 11.4. The summed E-state index contributed by atoms with van der Waals surface area (Å²) in [7, 11) is 1.31. The van der Waals surface area contributed by atoms with Gasteiger partial charge in [0, 0.05) is 12.4 Å². The fourth-order valence-corrected chi connectivity index (χ4v) is 1.58. The summed E-state index contributed by atoms with van der Waals surface area (Å²) >= 11 is 0. The monoisotopic (exact) mass is 258 g/mol. The first-order valence-corrected chi connectivity index (χ1v) is 5.77. The largest absolute Gasteiger partial charge is 0.464 e. The van der Waals surface area contributed by atoms with Crippen molar-refractivity contribution in [1.29, 1.82) is 0 Å². The van der Waals surface area contributed by atoms with Crippen molar-refractivity contribution in [3.05, 3.63) is 48.2 Å². The van der Waals surface area contributed by atoms with Gasteiger partial charge in [-0.2, -0.15) is 0 Å². The Morgan fingerprint density at radius 1 is 1.32 bits per heavy atom. The van der Waals surface area contributed by atoms with Gasteiger partial charge in [-0.15, -0.1) is 0 Å². The van der Waals surface area contributed by atoms with E-state index in [1.54, 1.807) is 18.6 Å². The molecular weight excluding hydrogens is 244 g/mol. The number of hydrogen-bond donors (Lipinski definition) is 1. The lowest BCUT2D eigenvalue weighted by molar-refractivity contribution is 0.0593. The molecule has 6 nitrogen and oxygen atoms in total. The Morgan fingerprint density at radius 2 is 2.16 bits per heavy atom. The van der Waals surface area contributed by atoms with E-state index in [1.807, 2.05) is 19.1 Å². The average molecular weight is 258 g/mol. The zero-order chi connectivity index (χ0) is 13.7. The molecule has 0 saturated carbocycles. The van der Waals surface area contributed by atoms with Crippen LogP contribution in [0, 0.1) is 0 Å². The molecule has 0 aliphatic heterocycles. The maximum absolute atomic E-state index is 11.4. The molecule has 0 amide bonds. The Kier molecular flexibility index (Phi) is 4.02.